The quantitative estimate of drug-likeness (QED) is 0.579. The molecule has 5 heteroatoms. The smallest absolute Gasteiger partial charge is 0.307 e. The number of esters is 1. The standard InChI is InChI=1S/C20H23NO3S/c1-15-7-9-18(10-8-15)25-12-11-20(23)24-14-19(22)21-13-17-6-4-3-5-16(17)2/h3-10H,11-14H2,1-2H3,(H,21,22). The van der Waals surface area contributed by atoms with Crippen molar-refractivity contribution in [1.82, 2.24) is 5.32 Å². The molecule has 0 saturated carbocycles. The van der Waals surface area contributed by atoms with Crippen LogP contribution >= 0.6 is 11.8 Å². The van der Waals surface area contributed by atoms with Crippen molar-refractivity contribution in [3.05, 3.63) is 65.2 Å². The van der Waals surface area contributed by atoms with E-state index in [0.29, 0.717) is 12.3 Å². The Balaban J connectivity index is 1.61. The molecule has 2 rings (SSSR count). The zero-order chi connectivity index (χ0) is 18.1. The number of ether oxygens (including phenoxy) is 1. The third kappa shape index (κ3) is 7.01. The predicted molar refractivity (Wildman–Crippen MR) is 101 cm³/mol. The first-order valence-corrected chi connectivity index (χ1v) is 9.19. The van der Waals surface area contributed by atoms with Crippen LogP contribution in [-0.2, 0) is 20.9 Å². The van der Waals surface area contributed by atoms with Crippen LogP contribution < -0.4 is 5.32 Å². The van der Waals surface area contributed by atoms with E-state index in [9.17, 15) is 9.59 Å². The fourth-order valence-corrected chi connectivity index (χ4v) is 2.99. The van der Waals surface area contributed by atoms with Crippen LogP contribution in [0.25, 0.3) is 0 Å². The summed E-state index contributed by atoms with van der Waals surface area (Å²) in [6, 6.07) is 16.0. The lowest BCUT2D eigenvalue weighted by Gasteiger charge is -2.08. The van der Waals surface area contributed by atoms with Gasteiger partial charge >= 0.3 is 5.97 Å². The molecule has 0 saturated heterocycles. The van der Waals surface area contributed by atoms with Crippen molar-refractivity contribution in [3.63, 3.8) is 0 Å². The topological polar surface area (TPSA) is 55.4 Å². The summed E-state index contributed by atoms with van der Waals surface area (Å²) in [5.41, 5.74) is 3.38. The van der Waals surface area contributed by atoms with Gasteiger partial charge in [0.05, 0.1) is 6.42 Å². The molecule has 0 aromatic heterocycles. The van der Waals surface area contributed by atoms with Gasteiger partial charge in [0.15, 0.2) is 6.61 Å². The first kappa shape index (κ1) is 19.1. The van der Waals surface area contributed by atoms with Crippen molar-refractivity contribution < 1.29 is 14.3 Å². The Morgan fingerprint density at radius 3 is 2.48 bits per heavy atom. The van der Waals surface area contributed by atoms with E-state index >= 15 is 0 Å². The van der Waals surface area contributed by atoms with Crippen molar-refractivity contribution in [1.29, 1.82) is 0 Å². The van der Waals surface area contributed by atoms with Gasteiger partial charge in [-0.05, 0) is 37.1 Å². The molecule has 1 amide bonds. The van der Waals surface area contributed by atoms with Gasteiger partial charge in [-0.2, -0.15) is 0 Å². The second-order valence-electron chi connectivity index (χ2n) is 5.78. The highest BCUT2D eigenvalue weighted by atomic mass is 32.2. The molecule has 0 aliphatic rings. The number of amides is 1. The van der Waals surface area contributed by atoms with E-state index in [-0.39, 0.29) is 24.9 Å². The third-order valence-electron chi connectivity index (χ3n) is 3.70. The molecule has 0 aliphatic carbocycles. The average Bonchev–Trinajstić information content (AvgIpc) is 2.61. The SMILES string of the molecule is Cc1ccc(SCCC(=O)OCC(=O)NCc2ccccc2C)cc1. The molecule has 0 atom stereocenters. The summed E-state index contributed by atoms with van der Waals surface area (Å²) < 4.78 is 5.02. The number of hydrogen-bond acceptors (Lipinski definition) is 4. The summed E-state index contributed by atoms with van der Waals surface area (Å²) in [7, 11) is 0. The third-order valence-corrected chi connectivity index (χ3v) is 4.71. The Labute approximate surface area is 153 Å². The molecule has 0 heterocycles. The van der Waals surface area contributed by atoms with Crippen LogP contribution in [-0.4, -0.2) is 24.2 Å². The van der Waals surface area contributed by atoms with Crippen LogP contribution in [0.4, 0.5) is 0 Å². The predicted octanol–water partition coefficient (Wildman–Crippen LogP) is 3.65. The van der Waals surface area contributed by atoms with Crippen LogP contribution in [0, 0.1) is 13.8 Å². The number of nitrogens with one attached hydrogen (secondary N) is 1. The summed E-state index contributed by atoms with van der Waals surface area (Å²) in [6.07, 6.45) is 0.281. The lowest BCUT2D eigenvalue weighted by atomic mass is 10.1. The molecule has 2 aromatic rings. The first-order chi connectivity index (χ1) is 12.0. The molecular weight excluding hydrogens is 334 g/mol. The summed E-state index contributed by atoms with van der Waals surface area (Å²) in [5, 5.41) is 2.76. The molecule has 0 fully saturated rings. The lowest BCUT2D eigenvalue weighted by molar-refractivity contribution is -0.148. The van der Waals surface area contributed by atoms with Gasteiger partial charge < -0.3 is 10.1 Å². The molecule has 0 spiro atoms. The summed E-state index contributed by atoms with van der Waals surface area (Å²) in [5.74, 6) is -0.0133. The minimum Gasteiger partial charge on any atom is -0.456 e. The van der Waals surface area contributed by atoms with Gasteiger partial charge in [-0.25, -0.2) is 0 Å². The molecule has 2 aromatic carbocycles. The largest absolute Gasteiger partial charge is 0.456 e. The number of thioether (sulfide) groups is 1. The first-order valence-electron chi connectivity index (χ1n) is 8.21. The van der Waals surface area contributed by atoms with Gasteiger partial charge in [0.1, 0.15) is 0 Å². The maximum Gasteiger partial charge on any atom is 0.307 e. The van der Waals surface area contributed by atoms with Crippen LogP contribution in [0.3, 0.4) is 0 Å². The van der Waals surface area contributed by atoms with Crippen molar-refractivity contribution in [2.24, 2.45) is 0 Å². The Morgan fingerprint density at radius 2 is 1.76 bits per heavy atom. The van der Waals surface area contributed by atoms with E-state index in [1.54, 1.807) is 11.8 Å². The molecule has 4 nitrogen and oxygen atoms in total. The van der Waals surface area contributed by atoms with Gasteiger partial charge in [-0.15, -0.1) is 11.8 Å². The fraction of sp³-hybridized carbons (Fsp3) is 0.300. The van der Waals surface area contributed by atoms with Gasteiger partial charge in [-0.1, -0.05) is 42.0 Å². The summed E-state index contributed by atoms with van der Waals surface area (Å²) in [4.78, 5) is 24.6. The average molecular weight is 357 g/mol. The number of carbonyl (C=O) groups excluding carboxylic acids is 2. The highest BCUT2D eigenvalue weighted by Crippen LogP contribution is 2.19. The highest BCUT2D eigenvalue weighted by Gasteiger charge is 2.08. The van der Waals surface area contributed by atoms with Crippen LogP contribution in [0.2, 0.25) is 0 Å². The van der Waals surface area contributed by atoms with Gasteiger partial charge in [0.2, 0.25) is 0 Å². The second kappa shape index (κ2) is 9.89. The normalized spacial score (nSPS) is 10.3. The number of carbonyl (C=O) groups is 2. The lowest BCUT2D eigenvalue weighted by Crippen LogP contribution is -2.28. The monoisotopic (exact) mass is 357 g/mol. The molecule has 0 radical (unpaired) electrons. The van der Waals surface area contributed by atoms with Crippen LogP contribution in [0.5, 0.6) is 0 Å². The van der Waals surface area contributed by atoms with Gasteiger partial charge in [0, 0.05) is 17.2 Å². The summed E-state index contributed by atoms with van der Waals surface area (Å²) in [6.45, 7) is 4.23. The summed E-state index contributed by atoms with van der Waals surface area (Å²) >= 11 is 1.60. The van der Waals surface area contributed by atoms with Crippen molar-refractivity contribution in [2.75, 3.05) is 12.4 Å². The minimum absolute atomic E-state index is 0.236. The molecule has 132 valence electrons. The van der Waals surface area contributed by atoms with E-state index < -0.39 is 0 Å². The van der Waals surface area contributed by atoms with Crippen molar-refractivity contribution >= 4 is 23.6 Å². The van der Waals surface area contributed by atoms with Gasteiger partial charge in [0.25, 0.3) is 5.91 Å². The van der Waals surface area contributed by atoms with Gasteiger partial charge in [-0.3, -0.25) is 9.59 Å². The maximum atomic E-state index is 11.8. The molecule has 0 aliphatic heterocycles. The molecular formula is C20H23NO3S. The van der Waals surface area contributed by atoms with E-state index in [0.717, 1.165) is 16.0 Å². The van der Waals surface area contributed by atoms with Crippen molar-refractivity contribution in [3.8, 4) is 0 Å². The highest BCUT2D eigenvalue weighted by molar-refractivity contribution is 7.99. The maximum absolute atomic E-state index is 11.8. The van der Waals surface area contributed by atoms with E-state index in [1.807, 2.05) is 62.4 Å². The Bertz CT molecular complexity index is 713. The Morgan fingerprint density at radius 1 is 1.04 bits per heavy atom. The second-order valence-corrected chi connectivity index (χ2v) is 6.94. The molecule has 25 heavy (non-hydrogen) atoms. The Hall–Kier alpha value is -2.27. The molecule has 0 unspecified atom stereocenters. The number of aryl methyl sites for hydroxylation is 2. The number of hydrogen-bond donors (Lipinski definition) is 1. The van der Waals surface area contributed by atoms with E-state index in [2.05, 4.69) is 5.32 Å². The molecule has 1 N–H and O–H groups in total. The fourth-order valence-electron chi connectivity index (χ4n) is 2.16. The van der Waals surface area contributed by atoms with E-state index in [1.165, 1.54) is 5.56 Å². The Kier molecular flexibility index (Phi) is 7.54. The van der Waals surface area contributed by atoms with Crippen LogP contribution in [0.1, 0.15) is 23.1 Å². The zero-order valence-electron chi connectivity index (χ0n) is 14.6. The van der Waals surface area contributed by atoms with Crippen LogP contribution in [0.15, 0.2) is 53.4 Å². The minimum atomic E-state index is -0.356. The van der Waals surface area contributed by atoms with E-state index in [4.69, 9.17) is 4.74 Å². The molecule has 0 bridgehead atoms. The zero-order valence-corrected chi connectivity index (χ0v) is 15.4. The van der Waals surface area contributed by atoms with Crippen molar-refractivity contribution in [2.45, 2.75) is 31.7 Å². The number of benzene rings is 2. The number of rotatable bonds is 8.